The van der Waals surface area contributed by atoms with Crippen LogP contribution in [-0.4, -0.2) is 17.6 Å². The van der Waals surface area contributed by atoms with Crippen molar-refractivity contribution in [1.82, 2.24) is 4.57 Å². The second-order valence-electron chi connectivity index (χ2n) is 6.11. The van der Waals surface area contributed by atoms with Crippen LogP contribution in [0.4, 0.5) is 4.39 Å². The summed E-state index contributed by atoms with van der Waals surface area (Å²) >= 11 is 0. The number of halogens is 1. The van der Waals surface area contributed by atoms with E-state index in [4.69, 9.17) is 14.7 Å². The maximum Gasteiger partial charge on any atom is 0.331 e. The van der Waals surface area contributed by atoms with Gasteiger partial charge in [0.2, 0.25) is 0 Å². The molecule has 0 amide bonds. The van der Waals surface area contributed by atoms with E-state index in [-0.39, 0.29) is 12.4 Å². The predicted molar refractivity (Wildman–Crippen MR) is 104 cm³/mol. The van der Waals surface area contributed by atoms with E-state index in [9.17, 15) is 9.18 Å². The molecule has 142 valence electrons. The van der Waals surface area contributed by atoms with Crippen molar-refractivity contribution in [3.05, 3.63) is 71.7 Å². The van der Waals surface area contributed by atoms with Crippen LogP contribution in [0.3, 0.4) is 0 Å². The van der Waals surface area contributed by atoms with Gasteiger partial charge in [0.15, 0.2) is 11.6 Å². The number of fused-ring (bicyclic) bond motifs is 1. The van der Waals surface area contributed by atoms with Crippen molar-refractivity contribution in [2.45, 2.75) is 19.6 Å². The number of carbonyl (C=O) groups excluding carboxylic acids is 1. The van der Waals surface area contributed by atoms with Crippen LogP contribution >= 0.6 is 0 Å². The Bertz CT molecular complexity index is 1060. The number of methoxy groups -OCH3 is 1. The predicted octanol–water partition coefficient (Wildman–Crippen LogP) is 4.46. The molecule has 0 radical (unpaired) electrons. The van der Waals surface area contributed by atoms with Crippen molar-refractivity contribution in [2.75, 3.05) is 7.11 Å². The summed E-state index contributed by atoms with van der Waals surface area (Å²) in [5.41, 5.74) is 2.40. The Labute approximate surface area is 162 Å². The number of aryl methyl sites for hydroxylation is 1. The van der Waals surface area contributed by atoms with Gasteiger partial charge in [-0.1, -0.05) is 24.3 Å². The molecule has 0 N–H and O–H groups in total. The number of aromatic nitrogens is 1. The van der Waals surface area contributed by atoms with E-state index in [1.54, 1.807) is 12.1 Å². The van der Waals surface area contributed by atoms with Gasteiger partial charge in [-0.15, -0.1) is 0 Å². The molecule has 0 aliphatic rings. The Morgan fingerprint density at radius 2 is 2.11 bits per heavy atom. The Balaban J connectivity index is 1.69. The zero-order valence-electron chi connectivity index (χ0n) is 15.4. The largest absolute Gasteiger partial charge is 0.494 e. The third-order valence-electron chi connectivity index (χ3n) is 4.28. The number of para-hydroxylation sites is 1. The highest BCUT2D eigenvalue weighted by Crippen LogP contribution is 2.23. The molecule has 0 bridgehead atoms. The highest BCUT2D eigenvalue weighted by molar-refractivity contribution is 5.94. The van der Waals surface area contributed by atoms with Crippen molar-refractivity contribution in [3.8, 4) is 11.8 Å². The van der Waals surface area contributed by atoms with Gasteiger partial charge < -0.3 is 14.0 Å². The number of ether oxygens (including phenoxy) is 2. The maximum absolute atomic E-state index is 13.7. The Hall–Kier alpha value is -3.59. The summed E-state index contributed by atoms with van der Waals surface area (Å²) in [6.07, 6.45) is 5.34. The lowest BCUT2D eigenvalue weighted by atomic mass is 10.1. The molecule has 0 saturated carbocycles. The molecule has 0 spiro atoms. The average Bonchev–Trinajstić information content (AvgIpc) is 3.07. The molecule has 1 heterocycles. The minimum atomic E-state index is -0.523. The smallest absolute Gasteiger partial charge is 0.331 e. The molecular weight excluding hydrogens is 359 g/mol. The molecule has 0 aliphatic carbocycles. The number of nitrogens with zero attached hydrogens (tertiary/aromatic N) is 2. The van der Waals surface area contributed by atoms with E-state index in [0.29, 0.717) is 18.5 Å². The Morgan fingerprint density at radius 3 is 2.86 bits per heavy atom. The topological polar surface area (TPSA) is 64.2 Å². The Morgan fingerprint density at radius 1 is 1.29 bits per heavy atom. The van der Waals surface area contributed by atoms with Crippen LogP contribution < -0.4 is 4.74 Å². The lowest BCUT2D eigenvalue weighted by Gasteiger charge is -2.05. The summed E-state index contributed by atoms with van der Waals surface area (Å²) in [5.74, 6) is -0.885. The number of esters is 1. The standard InChI is InChI=1S/C22H19FN2O3/c1-27-21-9-7-16(13-19(21)23)15-28-22(26)10-8-17-14-25(12-4-11-24)20-6-3-2-5-18(17)20/h2-3,5-10,13-14H,4,12,15H2,1H3/b10-8+. The number of hydrogen-bond acceptors (Lipinski definition) is 4. The Kier molecular flexibility index (Phi) is 6.07. The summed E-state index contributed by atoms with van der Waals surface area (Å²) in [5, 5.41) is 9.80. The van der Waals surface area contributed by atoms with Crippen molar-refractivity contribution in [2.24, 2.45) is 0 Å². The van der Waals surface area contributed by atoms with Gasteiger partial charge in [-0.05, 0) is 29.8 Å². The van der Waals surface area contributed by atoms with E-state index < -0.39 is 11.8 Å². The van der Waals surface area contributed by atoms with Crippen molar-refractivity contribution in [3.63, 3.8) is 0 Å². The van der Waals surface area contributed by atoms with Crippen LogP contribution in [0, 0.1) is 17.1 Å². The summed E-state index contributed by atoms with van der Waals surface area (Å²) < 4.78 is 25.7. The average molecular weight is 378 g/mol. The number of carbonyl (C=O) groups is 1. The minimum Gasteiger partial charge on any atom is -0.494 e. The molecule has 3 rings (SSSR count). The first kappa shape index (κ1) is 19.2. The molecule has 6 heteroatoms. The van der Waals surface area contributed by atoms with Crippen LogP contribution in [0.25, 0.3) is 17.0 Å². The zero-order chi connectivity index (χ0) is 19.9. The second-order valence-corrected chi connectivity index (χ2v) is 6.11. The van der Waals surface area contributed by atoms with Gasteiger partial charge in [0.25, 0.3) is 0 Å². The first-order valence-electron chi connectivity index (χ1n) is 8.74. The minimum absolute atomic E-state index is 0.0337. The van der Waals surface area contributed by atoms with Crippen molar-refractivity contribution in [1.29, 1.82) is 5.26 Å². The molecule has 5 nitrogen and oxygen atoms in total. The van der Waals surface area contributed by atoms with Crippen molar-refractivity contribution >= 4 is 22.9 Å². The summed E-state index contributed by atoms with van der Waals surface area (Å²) in [6, 6.07) is 14.3. The van der Waals surface area contributed by atoms with E-state index in [1.807, 2.05) is 35.0 Å². The van der Waals surface area contributed by atoms with Gasteiger partial charge >= 0.3 is 5.97 Å². The summed E-state index contributed by atoms with van der Waals surface area (Å²) in [6.45, 7) is 0.548. The summed E-state index contributed by atoms with van der Waals surface area (Å²) in [7, 11) is 1.39. The SMILES string of the molecule is COc1ccc(COC(=O)/C=C/c2cn(CCC#N)c3ccccc23)cc1F. The molecule has 2 aromatic carbocycles. The molecule has 0 aliphatic heterocycles. The molecule has 0 atom stereocenters. The number of nitriles is 1. The maximum atomic E-state index is 13.7. The van der Waals surface area contributed by atoms with Gasteiger partial charge in [0.05, 0.1) is 19.6 Å². The first-order valence-corrected chi connectivity index (χ1v) is 8.74. The number of rotatable bonds is 7. The van der Waals surface area contributed by atoms with E-state index in [2.05, 4.69) is 6.07 Å². The molecule has 0 unspecified atom stereocenters. The van der Waals surface area contributed by atoms with Gasteiger partial charge in [-0.2, -0.15) is 5.26 Å². The van der Waals surface area contributed by atoms with E-state index >= 15 is 0 Å². The van der Waals surface area contributed by atoms with E-state index in [1.165, 1.54) is 25.3 Å². The fraction of sp³-hybridized carbons (Fsp3) is 0.182. The number of benzene rings is 2. The normalized spacial score (nSPS) is 10.9. The molecule has 1 aromatic heterocycles. The lowest BCUT2D eigenvalue weighted by molar-refractivity contribution is -0.138. The molecule has 0 saturated heterocycles. The third kappa shape index (κ3) is 4.38. The lowest BCUT2D eigenvalue weighted by Crippen LogP contribution is -2.01. The third-order valence-corrected chi connectivity index (χ3v) is 4.28. The first-order chi connectivity index (χ1) is 13.6. The van der Waals surface area contributed by atoms with Gasteiger partial charge in [-0.25, -0.2) is 9.18 Å². The van der Waals surface area contributed by atoms with Crippen LogP contribution in [0.1, 0.15) is 17.5 Å². The van der Waals surface area contributed by atoms with Gasteiger partial charge in [-0.3, -0.25) is 0 Å². The van der Waals surface area contributed by atoms with Crippen LogP contribution in [0.15, 0.2) is 54.7 Å². The fourth-order valence-corrected chi connectivity index (χ4v) is 2.92. The van der Waals surface area contributed by atoms with Gasteiger partial charge in [0.1, 0.15) is 6.61 Å². The highest BCUT2D eigenvalue weighted by Gasteiger charge is 2.08. The zero-order valence-corrected chi connectivity index (χ0v) is 15.4. The molecule has 0 fully saturated rings. The number of hydrogen-bond donors (Lipinski definition) is 0. The quantitative estimate of drug-likeness (QED) is 0.450. The molecular formula is C22H19FN2O3. The molecule has 3 aromatic rings. The van der Waals surface area contributed by atoms with Crippen LogP contribution in [0.5, 0.6) is 5.75 Å². The second kappa shape index (κ2) is 8.87. The molecule has 28 heavy (non-hydrogen) atoms. The monoisotopic (exact) mass is 378 g/mol. The fourth-order valence-electron chi connectivity index (χ4n) is 2.92. The highest BCUT2D eigenvalue weighted by atomic mass is 19.1. The van der Waals surface area contributed by atoms with Gasteiger partial charge in [0, 0.05) is 35.3 Å². The van der Waals surface area contributed by atoms with E-state index in [0.717, 1.165) is 16.5 Å². The van der Waals surface area contributed by atoms with Crippen LogP contribution in [-0.2, 0) is 22.7 Å². The van der Waals surface area contributed by atoms with Crippen molar-refractivity contribution < 1.29 is 18.7 Å². The van der Waals surface area contributed by atoms with Crippen LogP contribution in [0.2, 0.25) is 0 Å². The summed E-state index contributed by atoms with van der Waals surface area (Å²) in [4.78, 5) is 12.0.